The summed E-state index contributed by atoms with van der Waals surface area (Å²) in [6.45, 7) is 0. The molecule has 2 N–H and O–H groups in total. The van der Waals surface area contributed by atoms with Gasteiger partial charge in [-0.15, -0.1) is 0 Å². The minimum Gasteiger partial charge on any atom is -0.310 e. The van der Waals surface area contributed by atoms with Gasteiger partial charge in [0.2, 0.25) is 5.91 Å². The van der Waals surface area contributed by atoms with Crippen LogP contribution in [0.3, 0.4) is 0 Å². The molecule has 0 spiro atoms. The summed E-state index contributed by atoms with van der Waals surface area (Å²) in [5.41, 5.74) is 2.55. The van der Waals surface area contributed by atoms with Crippen LogP contribution in [0.25, 0.3) is 11.3 Å². The fourth-order valence-electron chi connectivity index (χ4n) is 2.37. The molecule has 6 nitrogen and oxygen atoms in total. The Morgan fingerprint density at radius 3 is 2.60 bits per heavy atom. The van der Waals surface area contributed by atoms with Crippen molar-refractivity contribution in [3.8, 4) is 17.3 Å². The number of nitriles is 1. The lowest BCUT2D eigenvalue weighted by Gasteiger charge is -2.04. The SMILES string of the molecule is N#Cc1c(-c2ccncc2)n[nH]c1NC(=O)CCc1ccc(Cl)cc1. The van der Waals surface area contributed by atoms with Crippen molar-refractivity contribution in [3.05, 3.63) is 64.9 Å². The van der Waals surface area contributed by atoms with Crippen LogP contribution >= 0.6 is 11.6 Å². The summed E-state index contributed by atoms with van der Waals surface area (Å²) in [6.07, 6.45) is 4.11. The number of pyridine rings is 1. The Morgan fingerprint density at radius 2 is 1.92 bits per heavy atom. The summed E-state index contributed by atoms with van der Waals surface area (Å²) in [5.74, 6) is 0.104. The van der Waals surface area contributed by atoms with Crippen molar-refractivity contribution < 1.29 is 4.79 Å². The molecule has 0 saturated heterocycles. The number of hydrogen-bond acceptors (Lipinski definition) is 4. The Bertz CT molecular complexity index is 913. The van der Waals surface area contributed by atoms with Gasteiger partial charge < -0.3 is 5.32 Å². The van der Waals surface area contributed by atoms with Crippen LogP contribution in [0.15, 0.2) is 48.8 Å². The number of carbonyl (C=O) groups excluding carboxylic acids is 1. The molecule has 124 valence electrons. The van der Waals surface area contributed by atoms with E-state index >= 15 is 0 Å². The monoisotopic (exact) mass is 351 g/mol. The minimum absolute atomic E-state index is 0.198. The number of nitrogens with zero attached hydrogens (tertiary/aromatic N) is 3. The molecule has 1 aromatic carbocycles. The molecule has 1 amide bonds. The number of hydrogen-bond donors (Lipinski definition) is 2. The van der Waals surface area contributed by atoms with Crippen LogP contribution in [0.4, 0.5) is 5.82 Å². The van der Waals surface area contributed by atoms with Crippen molar-refractivity contribution in [2.24, 2.45) is 0 Å². The molecule has 3 aromatic rings. The molecule has 2 heterocycles. The first-order valence-corrected chi connectivity index (χ1v) is 7.98. The van der Waals surface area contributed by atoms with E-state index in [0.29, 0.717) is 28.5 Å². The average molecular weight is 352 g/mol. The number of halogens is 1. The second-order valence-electron chi connectivity index (χ2n) is 5.34. The largest absolute Gasteiger partial charge is 0.310 e. The van der Waals surface area contributed by atoms with Gasteiger partial charge in [-0.25, -0.2) is 0 Å². The second-order valence-corrected chi connectivity index (χ2v) is 5.78. The number of carbonyl (C=O) groups is 1. The number of nitrogens with one attached hydrogen (secondary N) is 2. The molecule has 0 unspecified atom stereocenters. The van der Waals surface area contributed by atoms with E-state index in [4.69, 9.17) is 11.6 Å². The topological polar surface area (TPSA) is 94.5 Å². The Hall–Kier alpha value is -3.17. The third-order valence-electron chi connectivity index (χ3n) is 3.65. The van der Waals surface area contributed by atoms with Crippen LogP contribution in [0.2, 0.25) is 5.02 Å². The third-order valence-corrected chi connectivity index (χ3v) is 3.90. The van der Waals surface area contributed by atoms with Crippen LogP contribution in [0, 0.1) is 11.3 Å². The molecule has 0 fully saturated rings. The van der Waals surface area contributed by atoms with E-state index in [1.54, 1.807) is 36.7 Å². The van der Waals surface area contributed by atoms with E-state index in [2.05, 4.69) is 26.6 Å². The van der Waals surface area contributed by atoms with Crippen LogP contribution in [0.1, 0.15) is 17.5 Å². The highest BCUT2D eigenvalue weighted by Crippen LogP contribution is 2.25. The molecule has 3 rings (SSSR count). The number of H-pyrrole nitrogens is 1. The van der Waals surface area contributed by atoms with Crippen molar-refractivity contribution in [1.29, 1.82) is 5.26 Å². The van der Waals surface area contributed by atoms with Gasteiger partial charge in [0.05, 0.1) is 0 Å². The highest BCUT2D eigenvalue weighted by molar-refractivity contribution is 6.30. The standard InChI is InChI=1S/C18H14ClN5O/c19-14-4-1-12(2-5-14)3-6-16(25)22-18-15(11-20)17(23-24-18)13-7-9-21-10-8-13/h1-2,4-5,7-10H,3,6H2,(H2,22,23,24,25). The van der Waals surface area contributed by atoms with E-state index in [0.717, 1.165) is 11.1 Å². The molecular formula is C18H14ClN5O. The number of anilines is 1. The highest BCUT2D eigenvalue weighted by atomic mass is 35.5. The Balaban J connectivity index is 1.68. The number of aryl methyl sites for hydroxylation is 1. The number of benzene rings is 1. The average Bonchev–Trinajstić information content (AvgIpc) is 3.04. The maximum atomic E-state index is 12.2. The van der Waals surface area contributed by atoms with Crippen LogP contribution < -0.4 is 5.32 Å². The van der Waals surface area contributed by atoms with Crippen LogP contribution in [-0.2, 0) is 11.2 Å². The predicted octanol–water partition coefficient (Wildman–Crippen LogP) is 3.57. The lowest BCUT2D eigenvalue weighted by Crippen LogP contribution is -2.13. The maximum Gasteiger partial charge on any atom is 0.225 e. The molecule has 0 saturated carbocycles. The van der Waals surface area contributed by atoms with Crippen molar-refractivity contribution in [2.75, 3.05) is 5.32 Å². The molecule has 7 heteroatoms. The number of aromatic nitrogens is 3. The first kappa shape index (κ1) is 16.7. The zero-order valence-corrected chi connectivity index (χ0v) is 13.9. The molecule has 2 aromatic heterocycles. The molecule has 25 heavy (non-hydrogen) atoms. The van der Waals surface area contributed by atoms with Gasteiger partial charge in [-0.05, 0) is 36.2 Å². The van der Waals surface area contributed by atoms with Crippen LogP contribution in [0.5, 0.6) is 0 Å². The zero-order chi connectivity index (χ0) is 17.6. The lowest BCUT2D eigenvalue weighted by atomic mass is 10.1. The zero-order valence-electron chi connectivity index (χ0n) is 13.2. The van der Waals surface area contributed by atoms with Gasteiger partial charge in [0.1, 0.15) is 23.1 Å². The molecule has 0 aliphatic heterocycles. The highest BCUT2D eigenvalue weighted by Gasteiger charge is 2.16. The third kappa shape index (κ3) is 4.03. The maximum absolute atomic E-state index is 12.2. The first-order valence-electron chi connectivity index (χ1n) is 7.60. The number of amides is 1. The quantitative estimate of drug-likeness (QED) is 0.734. The van der Waals surface area contributed by atoms with Crippen molar-refractivity contribution in [3.63, 3.8) is 0 Å². The molecule has 0 radical (unpaired) electrons. The normalized spacial score (nSPS) is 10.2. The summed E-state index contributed by atoms with van der Waals surface area (Å²) in [7, 11) is 0. The van der Waals surface area contributed by atoms with Crippen molar-refractivity contribution in [1.82, 2.24) is 15.2 Å². The minimum atomic E-state index is -0.198. The van der Waals surface area contributed by atoms with Gasteiger partial charge in [0.15, 0.2) is 0 Å². The molecule has 0 bridgehead atoms. The van der Waals surface area contributed by atoms with Crippen molar-refractivity contribution in [2.45, 2.75) is 12.8 Å². The molecule has 0 aliphatic carbocycles. The Labute approximate surface area is 149 Å². The summed E-state index contributed by atoms with van der Waals surface area (Å²) in [5, 5.41) is 19.6. The fraction of sp³-hybridized carbons (Fsp3) is 0.111. The summed E-state index contributed by atoms with van der Waals surface area (Å²) in [4.78, 5) is 16.1. The lowest BCUT2D eigenvalue weighted by molar-refractivity contribution is -0.116. The van der Waals surface area contributed by atoms with E-state index in [9.17, 15) is 10.1 Å². The van der Waals surface area contributed by atoms with Crippen LogP contribution in [-0.4, -0.2) is 21.1 Å². The number of aromatic amines is 1. The summed E-state index contributed by atoms with van der Waals surface area (Å²) in [6, 6.07) is 12.9. The molecule has 0 atom stereocenters. The second kappa shape index (κ2) is 7.60. The molecular weight excluding hydrogens is 338 g/mol. The Morgan fingerprint density at radius 1 is 1.20 bits per heavy atom. The van der Waals surface area contributed by atoms with Gasteiger partial charge in [-0.3, -0.25) is 14.9 Å². The van der Waals surface area contributed by atoms with Gasteiger partial charge in [-0.2, -0.15) is 10.4 Å². The van der Waals surface area contributed by atoms with E-state index < -0.39 is 0 Å². The number of rotatable bonds is 5. The van der Waals surface area contributed by atoms with Gasteiger partial charge in [0, 0.05) is 29.4 Å². The van der Waals surface area contributed by atoms with Gasteiger partial charge >= 0.3 is 0 Å². The Kier molecular flexibility index (Phi) is 5.07. The van der Waals surface area contributed by atoms with E-state index in [1.807, 2.05) is 12.1 Å². The van der Waals surface area contributed by atoms with E-state index in [-0.39, 0.29) is 12.3 Å². The molecule has 0 aliphatic rings. The summed E-state index contributed by atoms with van der Waals surface area (Å²) < 4.78 is 0. The van der Waals surface area contributed by atoms with E-state index in [1.165, 1.54) is 0 Å². The van der Waals surface area contributed by atoms with Gasteiger partial charge in [0.25, 0.3) is 0 Å². The summed E-state index contributed by atoms with van der Waals surface area (Å²) >= 11 is 5.84. The smallest absolute Gasteiger partial charge is 0.225 e. The van der Waals surface area contributed by atoms with Gasteiger partial charge in [-0.1, -0.05) is 23.7 Å². The first-order chi connectivity index (χ1) is 12.2. The predicted molar refractivity (Wildman–Crippen MR) is 94.9 cm³/mol. The van der Waals surface area contributed by atoms with Crippen molar-refractivity contribution >= 4 is 23.3 Å². The fourth-order valence-corrected chi connectivity index (χ4v) is 2.50.